The van der Waals surface area contributed by atoms with E-state index in [-0.39, 0.29) is 41.0 Å². The molecule has 3 N–H and O–H groups in total. The molecule has 2 aromatic carbocycles. The van der Waals surface area contributed by atoms with E-state index in [4.69, 9.17) is 0 Å². The number of aromatic hydroxyl groups is 2. The number of piperidine rings is 1. The summed E-state index contributed by atoms with van der Waals surface area (Å²) in [5.74, 6) is 0.105. The molecular formula is C28H38N2O5S. The van der Waals surface area contributed by atoms with Gasteiger partial charge in [0.2, 0.25) is 5.91 Å². The minimum atomic E-state index is -3.67. The molecule has 2 aromatic rings. The van der Waals surface area contributed by atoms with Crippen molar-refractivity contribution >= 4 is 15.7 Å². The molecule has 196 valence electrons. The van der Waals surface area contributed by atoms with Gasteiger partial charge in [0.1, 0.15) is 16.7 Å². The van der Waals surface area contributed by atoms with Crippen molar-refractivity contribution in [2.24, 2.45) is 11.8 Å². The van der Waals surface area contributed by atoms with Crippen molar-refractivity contribution in [2.75, 3.05) is 19.6 Å². The normalized spacial score (nSPS) is 26.8. The fourth-order valence-electron chi connectivity index (χ4n) is 5.60. The second-order valence-electron chi connectivity index (χ2n) is 11.2. The molecule has 0 unspecified atom stereocenters. The standard InChI is InChI=1S/C28H38N2O5S/c1-18(2)25(16-30-11-10-28(4,19(3)15-30)22-6-5-7-23(31)14-22)29-27(33)26-13-20-8-9-24(32)12-21(20)17-36(26,34)35/h5-9,12,14,18-19,25-26,31-32H,10-11,13,15-17H2,1-4H3,(H,29,33)/t19-,25+,26+,28+/m0/s1. The molecule has 1 fully saturated rings. The van der Waals surface area contributed by atoms with E-state index in [9.17, 15) is 23.4 Å². The Morgan fingerprint density at radius 1 is 1.14 bits per heavy atom. The highest BCUT2D eigenvalue weighted by molar-refractivity contribution is 7.92. The van der Waals surface area contributed by atoms with E-state index in [0.29, 0.717) is 18.0 Å². The van der Waals surface area contributed by atoms with Crippen LogP contribution in [-0.4, -0.2) is 60.4 Å². The number of carbonyl (C=O) groups is 1. The van der Waals surface area contributed by atoms with Crippen LogP contribution >= 0.6 is 0 Å². The number of sulfone groups is 1. The number of phenolic OH excluding ortho intramolecular Hbond substituents is 2. The zero-order valence-corrected chi connectivity index (χ0v) is 22.4. The van der Waals surface area contributed by atoms with Crippen molar-refractivity contribution in [2.45, 2.75) is 63.0 Å². The monoisotopic (exact) mass is 514 g/mol. The summed E-state index contributed by atoms with van der Waals surface area (Å²) in [4.78, 5) is 15.6. The number of nitrogens with zero attached hydrogens (tertiary/aromatic N) is 1. The average Bonchev–Trinajstić information content (AvgIpc) is 2.79. The molecule has 0 spiro atoms. The summed E-state index contributed by atoms with van der Waals surface area (Å²) >= 11 is 0. The van der Waals surface area contributed by atoms with Crippen molar-refractivity contribution in [3.63, 3.8) is 0 Å². The Balaban J connectivity index is 1.43. The van der Waals surface area contributed by atoms with Crippen LogP contribution in [0.2, 0.25) is 0 Å². The zero-order chi connectivity index (χ0) is 26.3. The van der Waals surface area contributed by atoms with E-state index in [1.807, 2.05) is 26.0 Å². The number of hydrogen-bond acceptors (Lipinski definition) is 6. The molecule has 4 rings (SSSR count). The molecule has 4 atom stereocenters. The first-order valence-electron chi connectivity index (χ1n) is 12.7. The fourth-order valence-corrected chi connectivity index (χ4v) is 7.33. The van der Waals surface area contributed by atoms with Crippen molar-refractivity contribution in [3.8, 4) is 11.5 Å². The Hall–Kier alpha value is -2.58. The second-order valence-corrected chi connectivity index (χ2v) is 13.4. The summed E-state index contributed by atoms with van der Waals surface area (Å²) < 4.78 is 25.9. The van der Waals surface area contributed by atoms with Gasteiger partial charge in [-0.2, -0.15) is 0 Å². The Morgan fingerprint density at radius 2 is 1.86 bits per heavy atom. The number of benzene rings is 2. The first kappa shape index (κ1) is 26.5. The topological polar surface area (TPSA) is 107 Å². The number of fused-ring (bicyclic) bond motifs is 1. The highest BCUT2D eigenvalue weighted by Gasteiger charge is 2.41. The molecule has 0 saturated carbocycles. The third-order valence-corrected chi connectivity index (χ3v) is 10.3. The molecular weight excluding hydrogens is 476 g/mol. The number of nitrogens with one attached hydrogen (secondary N) is 1. The maximum atomic E-state index is 13.2. The van der Waals surface area contributed by atoms with Gasteiger partial charge in [-0.25, -0.2) is 8.42 Å². The van der Waals surface area contributed by atoms with Crippen LogP contribution in [0.4, 0.5) is 0 Å². The van der Waals surface area contributed by atoms with E-state index in [0.717, 1.165) is 30.6 Å². The highest BCUT2D eigenvalue weighted by atomic mass is 32.2. The molecule has 7 nitrogen and oxygen atoms in total. The van der Waals surface area contributed by atoms with Crippen LogP contribution in [0.5, 0.6) is 11.5 Å². The Labute approximate surface area is 214 Å². The molecule has 1 saturated heterocycles. The van der Waals surface area contributed by atoms with Crippen LogP contribution in [0, 0.1) is 11.8 Å². The molecule has 36 heavy (non-hydrogen) atoms. The van der Waals surface area contributed by atoms with Gasteiger partial charge in [0.15, 0.2) is 9.84 Å². The smallest absolute Gasteiger partial charge is 0.238 e. The van der Waals surface area contributed by atoms with Crippen molar-refractivity contribution in [3.05, 3.63) is 59.2 Å². The minimum Gasteiger partial charge on any atom is -0.508 e. The van der Waals surface area contributed by atoms with E-state index >= 15 is 0 Å². The predicted molar refractivity (Wildman–Crippen MR) is 141 cm³/mol. The molecule has 2 heterocycles. The number of phenols is 2. The van der Waals surface area contributed by atoms with E-state index in [2.05, 4.69) is 30.1 Å². The van der Waals surface area contributed by atoms with Gasteiger partial charge in [0.05, 0.1) is 5.75 Å². The van der Waals surface area contributed by atoms with Crippen molar-refractivity contribution < 1.29 is 23.4 Å². The van der Waals surface area contributed by atoms with Crippen LogP contribution in [-0.2, 0) is 32.2 Å². The quantitative estimate of drug-likeness (QED) is 0.546. The van der Waals surface area contributed by atoms with Crippen LogP contribution < -0.4 is 5.32 Å². The van der Waals surface area contributed by atoms with Gasteiger partial charge in [-0.05, 0) is 77.6 Å². The Morgan fingerprint density at radius 3 is 2.53 bits per heavy atom. The molecule has 1 amide bonds. The lowest BCUT2D eigenvalue weighted by molar-refractivity contribution is -0.122. The summed E-state index contributed by atoms with van der Waals surface area (Å²) in [6.45, 7) is 10.9. The number of carbonyl (C=O) groups excluding carboxylic acids is 1. The van der Waals surface area contributed by atoms with Crippen molar-refractivity contribution in [1.29, 1.82) is 0 Å². The maximum Gasteiger partial charge on any atom is 0.238 e. The fraction of sp³-hybridized carbons (Fsp3) is 0.536. The van der Waals surface area contributed by atoms with Gasteiger partial charge in [-0.1, -0.05) is 45.9 Å². The Bertz CT molecular complexity index is 1230. The number of hydrogen-bond donors (Lipinski definition) is 3. The third-order valence-electron chi connectivity index (χ3n) is 8.34. The van der Waals surface area contributed by atoms with Gasteiger partial charge >= 0.3 is 0 Å². The maximum absolute atomic E-state index is 13.2. The van der Waals surface area contributed by atoms with Crippen LogP contribution in [0.1, 0.15) is 50.8 Å². The van der Waals surface area contributed by atoms with Gasteiger partial charge in [0.25, 0.3) is 0 Å². The summed E-state index contributed by atoms with van der Waals surface area (Å²) in [5, 5.41) is 21.6. The summed E-state index contributed by atoms with van der Waals surface area (Å²) in [5.41, 5.74) is 2.44. The molecule has 8 heteroatoms. The average molecular weight is 515 g/mol. The van der Waals surface area contributed by atoms with Gasteiger partial charge < -0.3 is 20.4 Å². The second kappa shape index (κ2) is 10.1. The molecule has 2 aliphatic heterocycles. The number of rotatable bonds is 6. The molecule has 2 aliphatic rings. The summed E-state index contributed by atoms with van der Waals surface area (Å²) in [6, 6.07) is 12.0. The number of likely N-dealkylation sites (tertiary alicyclic amines) is 1. The lowest BCUT2D eigenvalue weighted by Crippen LogP contribution is -2.55. The van der Waals surface area contributed by atoms with Crippen molar-refractivity contribution in [1.82, 2.24) is 10.2 Å². The molecule has 0 aliphatic carbocycles. The minimum absolute atomic E-state index is 0.0302. The first-order chi connectivity index (χ1) is 16.9. The molecule has 0 aromatic heterocycles. The highest BCUT2D eigenvalue weighted by Crippen LogP contribution is 2.40. The van der Waals surface area contributed by atoms with Crippen LogP contribution in [0.25, 0.3) is 0 Å². The molecule has 0 radical (unpaired) electrons. The third kappa shape index (κ3) is 5.39. The van der Waals surface area contributed by atoms with Gasteiger partial charge in [-0.3, -0.25) is 4.79 Å². The lowest BCUT2D eigenvalue weighted by atomic mass is 9.68. The number of amides is 1. The summed E-state index contributed by atoms with van der Waals surface area (Å²) in [6.07, 6.45) is 1.05. The first-order valence-corrected chi connectivity index (χ1v) is 14.4. The van der Waals surface area contributed by atoms with E-state index in [1.54, 1.807) is 12.1 Å². The van der Waals surface area contributed by atoms with E-state index in [1.165, 1.54) is 12.1 Å². The summed E-state index contributed by atoms with van der Waals surface area (Å²) in [7, 11) is -3.67. The SMILES string of the molecule is CC(C)[C@@H](CN1CC[C@@](C)(c2cccc(O)c2)[C@@H](C)C1)NC(=O)[C@H]1Cc2ccc(O)cc2CS1(=O)=O. The van der Waals surface area contributed by atoms with Gasteiger partial charge in [-0.15, -0.1) is 0 Å². The molecule has 0 bridgehead atoms. The largest absolute Gasteiger partial charge is 0.508 e. The van der Waals surface area contributed by atoms with Crippen LogP contribution in [0.3, 0.4) is 0 Å². The van der Waals surface area contributed by atoms with Gasteiger partial charge in [0, 0.05) is 19.1 Å². The Kier molecular flexibility index (Phi) is 7.40. The van der Waals surface area contributed by atoms with E-state index < -0.39 is 21.0 Å². The lowest BCUT2D eigenvalue weighted by Gasteiger charge is -2.46. The zero-order valence-electron chi connectivity index (χ0n) is 21.6. The van der Waals surface area contributed by atoms with Crippen LogP contribution in [0.15, 0.2) is 42.5 Å². The predicted octanol–water partition coefficient (Wildman–Crippen LogP) is 3.38.